The van der Waals surface area contributed by atoms with E-state index in [1.807, 2.05) is 0 Å². The second kappa shape index (κ2) is 7.63. The van der Waals surface area contributed by atoms with Gasteiger partial charge in [-0.2, -0.15) is 0 Å². The van der Waals surface area contributed by atoms with Gasteiger partial charge < -0.3 is 15.7 Å². The number of anilines is 1. The lowest BCUT2D eigenvalue weighted by atomic mass is 10.2. The molecule has 2 rings (SSSR count). The van der Waals surface area contributed by atoms with E-state index in [0.717, 1.165) is 17.3 Å². The number of rotatable bonds is 6. The van der Waals surface area contributed by atoms with Crippen LogP contribution in [0.15, 0.2) is 24.3 Å². The molecule has 122 valence electrons. The predicted molar refractivity (Wildman–Crippen MR) is 84.1 cm³/mol. The molecule has 3 N–H and O–H groups in total. The molecule has 1 aromatic carbocycles. The summed E-state index contributed by atoms with van der Waals surface area (Å²) < 4.78 is 0. The molecule has 1 heterocycles. The molecule has 1 aliphatic heterocycles. The van der Waals surface area contributed by atoms with Gasteiger partial charge in [-0.05, 0) is 17.7 Å². The highest BCUT2D eigenvalue weighted by Crippen LogP contribution is 2.21. The summed E-state index contributed by atoms with van der Waals surface area (Å²) in [6.45, 7) is 0.242. The molecule has 23 heavy (non-hydrogen) atoms. The quantitative estimate of drug-likeness (QED) is 0.724. The molecule has 0 aromatic heterocycles. The van der Waals surface area contributed by atoms with Gasteiger partial charge in [0.2, 0.25) is 5.91 Å². The summed E-state index contributed by atoms with van der Waals surface area (Å²) in [5.74, 6) is -1.02. The van der Waals surface area contributed by atoms with E-state index in [4.69, 9.17) is 5.11 Å². The summed E-state index contributed by atoms with van der Waals surface area (Å²) >= 11 is 0.984. The first-order valence-electron chi connectivity index (χ1n) is 6.78. The van der Waals surface area contributed by atoms with Crippen molar-refractivity contribution in [3.63, 3.8) is 0 Å². The Labute approximate surface area is 136 Å². The van der Waals surface area contributed by atoms with Crippen molar-refractivity contribution in [3.05, 3.63) is 29.8 Å². The molecule has 4 amide bonds. The van der Waals surface area contributed by atoms with E-state index in [-0.39, 0.29) is 36.4 Å². The number of carboxylic acid groups (broad SMARTS) is 1. The summed E-state index contributed by atoms with van der Waals surface area (Å²) in [6.07, 6.45) is -0.151. The Morgan fingerprint density at radius 2 is 1.91 bits per heavy atom. The van der Waals surface area contributed by atoms with Crippen LogP contribution in [0.3, 0.4) is 0 Å². The zero-order chi connectivity index (χ0) is 16.8. The molecular formula is C14H15N3O5S. The van der Waals surface area contributed by atoms with Crippen LogP contribution >= 0.6 is 11.8 Å². The van der Waals surface area contributed by atoms with Gasteiger partial charge >= 0.3 is 12.0 Å². The van der Waals surface area contributed by atoms with Gasteiger partial charge in [0.05, 0.1) is 18.7 Å². The molecule has 0 spiro atoms. The van der Waals surface area contributed by atoms with Crippen LogP contribution in [0, 0.1) is 0 Å². The standard InChI is InChI=1S/C14H15N3O5S/c18-11-8-23-14(22)17(11)7-9-1-3-10(4-2-9)16-13(21)15-6-5-12(19)20/h1-4H,5-8H2,(H,19,20)(H2,15,16,21). The third-order valence-corrected chi connectivity index (χ3v) is 3.88. The summed E-state index contributed by atoms with van der Waals surface area (Å²) in [5.41, 5.74) is 1.29. The molecule has 9 heteroatoms. The average Bonchev–Trinajstić information content (AvgIpc) is 2.80. The highest BCUT2D eigenvalue weighted by Gasteiger charge is 2.29. The monoisotopic (exact) mass is 337 g/mol. The lowest BCUT2D eigenvalue weighted by molar-refractivity contribution is -0.136. The Morgan fingerprint density at radius 1 is 1.22 bits per heavy atom. The first-order valence-corrected chi connectivity index (χ1v) is 7.77. The molecular weight excluding hydrogens is 322 g/mol. The maximum atomic E-state index is 11.5. The van der Waals surface area contributed by atoms with Crippen LogP contribution in [0.2, 0.25) is 0 Å². The van der Waals surface area contributed by atoms with E-state index in [1.165, 1.54) is 4.90 Å². The number of hydrogen-bond donors (Lipinski definition) is 3. The molecule has 0 atom stereocenters. The largest absolute Gasteiger partial charge is 0.481 e. The maximum Gasteiger partial charge on any atom is 0.319 e. The second-order valence-corrected chi connectivity index (χ2v) is 5.68. The minimum Gasteiger partial charge on any atom is -0.481 e. The molecule has 0 bridgehead atoms. The van der Waals surface area contributed by atoms with Crippen molar-refractivity contribution in [2.45, 2.75) is 13.0 Å². The predicted octanol–water partition coefficient (Wildman–Crippen LogP) is 1.48. The summed E-state index contributed by atoms with van der Waals surface area (Å²) in [7, 11) is 0. The van der Waals surface area contributed by atoms with Gasteiger partial charge in [0.25, 0.3) is 5.24 Å². The Morgan fingerprint density at radius 3 is 2.48 bits per heavy atom. The number of amides is 4. The Bertz CT molecular complexity index is 616. The summed E-state index contributed by atoms with van der Waals surface area (Å²) in [6, 6.07) is 6.20. The van der Waals surface area contributed by atoms with Crippen molar-refractivity contribution in [1.29, 1.82) is 0 Å². The van der Waals surface area contributed by atoms with E-state index in [9.17, 15) is 19.2 Å². The van der Waals surface area contributed by atoms with E-state index in [2.05, 4.69) is 10.6 Å². The Balaban J connectivity index is 1.84. The topological polar surface area (TPSA) is 116 Å². The number of hydrogen-bond acceptors (Lipinski definition) is 5. The fourth-order valence-corrected chi connectivity index (χ4v) is 2.59. The number of benzene rings is 1. The molecule has 1 saturated heterocycles. The Kier molecular flexibility index (Phi) is 5.58. The SMILES string of the molecule is O=C(O)CCNC(=O)Nc1ccc(CN2C(=O)CSC2=O)cc1. The number of aliphatic carboxylic acids is 1. The van der Waals surface area contributed by atoms with Crippen molar-refractivity contribution in [3.8, 4) is 0 Å². The summed E-state index contributed by atoms with van der Waals surface area (Å²) in [4.78, 5) is 46.1. The van der Waals surface area contributed by atoms with Gasteiger partial charge in [0.15, 0.2) is 0 Å². The highest BCUT2D eigenvalue weighted by atomic mass is 32.2. The lowest BCUT2D eigenvalue weighted by Gasteiger charge is -2.13. The maximum absolute atomic E-state index is 11.5. The third-order valence-electron chi connectivity index (χ3n) is 3.02. The normalized spacial score (nSPS) is 14.0. The number of nitrogens with one attached hydrogen (secondary N) is 2. The molecule has 0 aliphatic carbocycles. The van der Waals surface area contributed by atoms with Crippen LogP contribution < -0.4 is 10.6 Å². The number of imide groups is 1. The van der Waals surface area contributed by atoms with Crippen LogP contribution in [-0.2, 0) is 16.1 Å². The van der Waals surface area contributed by atoms with E-state index < -0.39 is 12.0 Å². The second-order valence-electron chi connectivity index (χ2n) is 4.76. The lowest BCUT2D eigenvalue weighted by Crippen LogP contribution is -2.30. The zero-order valence-electron chi connectivity index (χ0n) is 12.1. The van der Waals surface area contributed by atoms with E-state index in [1.54, 1.807) is 24.3 Å². The van der Waals surface area contributed by atoms with Crippen LogP contribution in [0.25, 0.3) is 0 Å². The van der Waals surface area contributed by atoms with Crippen molar-refractivity contribution >= 4 is 40.6 Å². The van der Waals surface area contributed by atoms with Crippen LogP contribution in [0.5, 0.6) is 0 Å². The van der Waals surface area contributed by atoms with Gasteiger partial charge in [-0.15, -0.1) is 0 Å². The molecule has 0 radical (unpaired) electrons. The van der Waals surface area contributed by atoms with Crippen molar-refractivity contribution < 1.29 is 24.3 Å². The molecule has 0 unspecified atom stereocenters. The Hall–Kier alpha value is -2.55. The van der Waals surface area contributed by atoms with Crippen molar-refractivity contribution in [1.82, 2.24) is 10.2 Å². The molecule has 0 saturated carbocycles. The van der Waals surface area contributed by atoms with Crippen molar-refractivity contribution in [2.24, 2.45) is 0 Å². The number of nitrogens with zero attached hydrogens (tertiary/aromatic N) is 1. The molecule has 1 aromatic rings. The number of urea groups is 1. The van der Waals surface area contributed by atoms with Crippen molar-refractivity contribution in [2.75, 3.05) is 17.6 Å². The molecule has 1 aliphatic rings. The first-order chi connectivity index (χ1) is 11.0. The van der Waals surface area contributed by atoms with E-state index in [0.29, 0.717) is 5.69 Å². The minimum absolute atomic E-state index is 0.0378. The zero-order valence-corrected chi connectivity index (χ0v) is 12.9. The fraction of sp³-hybridized carbons (Fsp3) is 0.286. The number of thioether (sulfide) groups is 1. The highest BCUT2D eigenvalue weighted by molar-refractivity contribution is 8.14. The van der Waals surface area contributed by atoms with Crippen LogP contribution in [0.1, 0.15) is 12.0 Å². The fourth-order valence-electron chi connectivity index (χ4n) is 1.87. The first kappa shape index (κ1) is 16.8. The molecule has 8 nitrogen and oxygen atoms in total. The van der Waals surface area contributed by atoms with E-state index >= 15 is 0 Å². The van der Waals surface area contributed by atoms with Crippen LogP contribution in [-0.4, -0.2) is 45.5 Å². The van der Waals surface area contributed by atoms with Gasteiger partial charge in [-0.25, -0.2) is 4.79 Å². The average molecular weight is 337 g/mol. The smallest absolute Gasteiger partial charge is 0.319 e. The number of carboxylic acids is 1. The number of carbonyl (C=O) groups is 4. The third kappa shape index (κ3) is 4.99. The summed E-state index contributed by atoms with van der Waals surface area (Å²) in [5, 5.41) is 13.2. The van der Waals surface area contributed by atoms with Gasteiger partial charge in [-0.1, -0.05) is 23.9 Å². The number of carbonyl (C=O) groups excluding carboxylic acids is 3. The minimum atomic E-state index is -0.987. The van der Waals surface area contributed by atoms with Gasteiger partial charge in [-0.3, -0.25) is 19.3 Å². The van der Waals surface area contributed by atoms with Gasteiger partial charge in [0, 0.05) is 12.2 Å². The molecule has 1 fully saturated rings. The van der Waals surface area contributed by atoms with Crippen LogP contribution in [0.4, 0.5) is 15.3 Å². The van der Waals surface area contributed by atoms with Gasteiger partial charge in [0.1, 0.15) is 0 Å².